The maximum absolute atomic E-state index is 12.3. The molecule has 0 saturated heterocycles. The van der Waals surface area contributed by atoms with Crippen molar-refractivity contribution in [3.05, 3.63) is 29.8 Å². The van der Waals surface area contributed by atoms with E-state index in [0.29, 0.717) is 12.8 Å². The van der Waals surface area contributed by atoms with E-state index in [0.717, 1.165) is 17.7 Å². The number of hydrogen-bond acceptors (Lipinski definition) is 3. The van der Waals surface area contributed by atoms with Gasteiger partial charge in [-0.25, -0.2) is 4.79 Å². The number of hydrogen-bond donors (Lipinski definition) is 2. The number of aliphatic carboxylic acids is 1. The van der Waals surface area contributed by atoms with Crippen LogP contribution in [0.2, 0.25) is 0 Å². The molecule has 1 aromatic rings. The Bertz CT molecular complexity index is 526. The monoisotopic (exact) mass is 321 g/mol. The van der Waals surface area contributed by atoms with Crippen molar-refractivity contribution in [2.45, 2.75) is 57.9 Å². The molecule has 23 heavy (non-hydrogen) atoms. The Morgan fingerprint density at radius 2 is 1.87 bits per heavy atom. The third-order valence-electron chi connectivity index (χ3n) is 4.15. The van der Waals surface area contributed by atoms with Gasteiger partial charge in [-0.1, -0.05) is 32.4 Å². The van der Waals surface area contributed by atoms with Crippen LogP contribution in [0.1, 0.15) is 57.9 Å². The van der Waals surface area contributed by atoms with Gasteiger partial charge in [0.1, 0.15) is 11.3 Å². The Morgan fingerprint density at radius 3 is 2.30 bits per heavy atom. The molecule has 5 nitrogen and oxygen atoms in total. The average molecular weight is 321 g/mol. The van der Waals surface area contributed by atoms with Gasteiger partial charge in [-0.3, -0.25) is 4.79 Å². The van der Waals surface area contributed by atoms with Crippen molar-refractivity contribution in [2.24, 2.45) is 0 Å². The Labute approximate surface area is 138 Å². The first-order chi connectivity index (χ1) is 10.9. The summed E-state index contributed by atoms with van der Waals surface area (Å²) >= 11 is 0. The van der Waals surface area contributed by atoms with Crippen molar-refractivity contribution in [3.8, 4) is 5.75 Å². The van der Waals surface area contributed by atoms with Gasteiger partial charge in [0.15, 0.2) is 0 Å². The number of rotatable bonds is 9. The van der Waals surface area contributed by atoms with Crippen LogP contribution in [0, 0.1) is 0 Å². The molecule has 1 amide bonds. The predicted octanol–water partition coefficient (Wildman–Crippen LogP) is 3.34. The SMILES string of the molecule is CCCC(C)(NC(=O)CC(CC)c1ccc(OC)cc1)C(=O)O. The molecule has 5 heteroatoms. The smallest absolute Gasteiger partial charge is 0.329 e. The van der Waals surface area contributed by atoms with Gasteiger partial charge < -0.3 is 15.2 Å². The first-order valence-corrected chi connectivity index (χ1v) is 8.04. The van der Waals surface area contributed by atoms with Crippen LogP contribution in [0.3, 0.4) is 0 Å². The molecule has 0 aliphatic rings. The van der Waals surface area contributed by atoms with E-state index in [1.807, 2.05) is 38.1 Å². The molecule has 1 rings (SSSR count). The molecule has 0 fully saturated rings. The minimum Gasteiger partial charge on any atom is -0.497 e. The predicted molar refractivity (Wildman–Crippen MR) is 89.7 cm³/mol. The van der Waals surface area contributed by atoms with E-state index in [4.69, 9.17) is 4.74 Å². The van der Waals surface area contributed by atoms with Gasteiger partial charge in [-0.05, 0) is 43.4 Å². The molecule has 1 aromatic carbocycles. The summed E-state index contributed by atoms with van der Waals surface area (Å²) < 4.78 is 5.14. The van der Waals surface area contributed by atoms with Crippen molar-refractivity contribution < 1.29 is 19.4 Å². The molecule has 0 bridgehead atoms. The summed E-state index contributed by atoms with van der Waals surface area (Å²) in [6, 6.07) is 7.63. The summed E-state index contributed by atoms with van der Waals surface area (Å²) in [6.07, 6.45) is 2.18. The highest BCUT2D eigenvalue weighted by Crippen LogP contribution is 2.26. The van der Waals surface area contributed by atoms with Crippen LogP contribution in [-0.2, 0) is 9.59 Å². The fourth-order valence-corrected chi connectivity index (χ4v) is 2.68. The fourth-order valence-electron chi connectivity index (χ4n) is 2.68. The second-order valence-electron chi connectivity index (χ2n) is 6.02. The van der Waals surface area contributed by atoms with E-state index < -0.39 is 11.5 Å². The van der Waals surface area contributed by atoms with Crippen LogP contribution >= 0.6 is 0 Å². The summed E-state index contributed by atoms with van der Waals surface area (Å²) in [5.74, 6) is -0.397. The van der Waals surface area contributed by atoms with Crippen LogP contribution in [0.25, 0.3) is 0 Å². The van der Waals surface area contributed by atoms with E-state index in [1.165, 1.54) is 0 Å². The van der Waals surface area contributed by atoms with Gasteiger partial charge >= 0.3 is 5.97 Å². The number of amides is 1. The number of nitrogens with one attached hydrogen (secondary N) is 1. The zero-order valence-corrected chi connectivity index (χ0v) is 14.4. The highest BCUT2D eigenvalue weighted by atomic mass is 16.5. The molecule has 0 heterocycles. The maximum Gasteiger partial charge on any atom is 0.329 e. The van der Waals surface area contributed by atoms with E-state index >= 15 is 0 Å². The van der Waals surface area contributed by atoms with Gasteiger partial charge in [0.25, 0.3) is 0 Å². The lowest BCUT2D eigenvalue weighted by molar-refractivity contribution is -0.147. The molecular weight excluding hydrogens is 294 g/mol. The van der Waals surface area contributed by atoms with E-state index in [9.17, 15) is 14.7 Å². The van der Waals surface area contributed by atoms with Crippen molar-refractivity contribution in [2.75, 3.05) is 7.11 Å². The van der Waals surface area contributed by atoms with Crippen LogP contribution < -0.4 is 10.1 Å². The van der Waals surface area contributed by atoms with Gasteiger partial charge in [0, 0.05) is 6.42 Å². The Balaban J connectivity index is 2.77. The summed E-state index contributed by atoms with van der Waals surface area (Å²) in [5, 5.41) is 12.0. The molecule has 2 atom stereocenters. The lowest BCUT2D eigenvalue weighted by Crippen LogP contribution is -2.52. The lowest BCUT2D eigenvalue weighted by atomic mass is 9.91. The second kappa shape index (κ2) is 8.56. The van der Waals surface area contributed by atoms with Crippen LogP contribution in [0.4, 0.5) is 0 Å². The first kappa shape index (κ1) is 19.0. The maximum atomic E-state index is 12.3. The summed E-state index contributed by atoms with van der Waals surface area (Å²) in [6.45, 7) is 5.48. The zero-order chi connectivity index (χ0) is 17.5. The Kier molecular flexibility index (Phi) is 7.07. The number of carboxylic acids is 1. The number of carbonyl (C=O) groups is 2. The number of methoxy groups -OCH3 is 1. The summed E-state index contributed by atoms with van der Waals surface area (Å²) in [7, 11) is 1.61. The zero-order valence-electron chi connectivity index (χ0n) is 14.4. The Morgan fingerprint density at radius 1 is 1.26 bits per heavy atom. The quantitative estimate of drug-likeness (QED) is 0.731. The van der Waals surface area contributed by atoms with Gasteiger partial charge in [-0.15, -0.1) is 0 Å². The molecule has 0 radical (unpaired) electrons. The molecule has 0 aliphatic heterocycles. The molecule has 2 unspecified atom stereocenters. The number of carbonyl (C=O) groups excluding carboxylic acids is 1. The molecule has 0 saturated carbocycles. The lowest BCUT2D eigenvalue weighted by Gasteiger charge is -2.27. The summed E-state index contributed by atoms with van der Waals surface area (Å²) in [4.78, 5) is 23.7. The third-order valence-corrected chi connectivity index (χ3v) is 4.15. The van der Waals surface area contributed by atoms with Crippen molar-refractivity contribution in [1.82, 2.24) is 5.32 Å². The van der Waals surface area contributed by atoms with Crippen LogP contribution in [0.5, 0.6) is 5.75 Å². The first-order valence-electron chi connectivity index (χ1n) is 8.04. The minimum absolute atomic E-state index is 0.0561. The number of carboxylic acid groups (broad SMARTS) is 1. The van der Waals surface area contributed by atoms with Gasteiger partial charge in [0.2, 0.25) is 5.91 Å². The molecule has 0 spiro atoms. The average Bonchev–Trinajstić information content (AvgIpc) is 2.52. The largest absolute Gasteiger partial charge is 0.497 e. The molecular formula is C18H27NO4. The van der Waals surface area contributed by atoms with Crippen molar-refractivity contribution >= 4 is 11.9 Å². The van der Waals surface area contributed by atoms with Gasteiger partial charge in [-0.2, -0.15) is 0 Å². The van der Waals surface area contributed by atoms with Crippen molar-refractivity contribution in [1.29, 1.82) is 0 Å². The van der Waals surface area contributed by atoms with Gasteiger partial charge in [0.05, 0.1) is 7.11 Å². The van der Waals surface area contributed by atoms with E-state index in [2.05, 4.69) is 5.32 Å². The number of benzene rings is 1. The molecule has 0 aliphatic carbocycles. The number of ether oxygens (including phenoxy) is 1. The van der Waals surface area contributed by atoms with Crippen LogP contribution in [0.15, 0.2) is 24.3 Å². The molecule has 128 valence electrons. The normalized spacial score (nSPS) is 14.6. The molecule has 0 aromatic heterocycles. The second-order valence-corrected chi connectivity index (χ2v) is 6.02. The highest BCUT2D eigenvalue weighted by Gasteiger charge is 2.34. The van der Waals surface area contributed by atoms with Crippen LogP contribution in [-0.4, -0.2) is 29.6 Å². The van der Waals surface area contributed by atoms with E-state index in [1.54, 1.807) is 14.0 Å². The fraction of sp³-hybridized carbons (Fsp3) is 0.556. The standard InChI is InChI=1S/C18H27NO4/c1-5-11-18(3,17(21)22)19-16(20)12-13(6-2)14-7-9-15(23-4)10-8-14/h7-10,13H,5-6,11-12H2,1-4H3,(H,19,20)(H,21,22). The topological polar surface area (TPSA) is 75.6 Å². The summed E-state index contributed by atoms with van der Waals surface area (Å²) in [5.41, 5.74) is -0.153. The van der Waals surface area contributed by atoms with Crippen molar-refractivity contribution in [3.63, 3.8) is 0 Å². The van der Waals surface area contributed by atoms with E-state index in [-0.39, 0.29) is 18.2 Å². The third kappa shape index (κ3) is 5.27. The minimum atomic E-state index is -1.20. The highest BCUT2D eigenvalue weighted by molar-refractivity contribution is 5.87. The Hall–Kier alpha value is -2.04. The molecule has 2 N–H and O–H groups in total.